The largest absolute Gasteiger partial charge is 1.00 e. The van der Waals surface area contributed by atoms with Gasteiger partial charge in [-0.1, -0.05) is 26.7 Å². The van der Waals surface area contributed by atoms with E-state index in [0.717, 1.165) is 0 Å². The second-order valence-electron chi connectivity index (χ2n) is 5.74. The van der Waals surface area contributed by atoms with Gasteiger partial charge >= 0.3 is 7.87 Å². The predicted molar refractivity (Wildman–Crippen MR) is 89.4 cm³/mol. The van der Waals surface area contributed by atoms with E-state index >= 15 is 0 Å². The Balaban J connectivity index is 0. The monoisotopic (exact) mass is 326 g/mol. The van der Waals surface area contributed by atoms with Crippen LogP contribution in [-0.2, 0) is 0 Å². The number of nitrogens with zero attached hydrogens (tertiary/aromatic N) is 4. The van der Waals surface area contributed by atoms with Crippen LogP contribution in [0.3, 0.4) is 0 Å². The van der Waals surface area contributed by atoms with Gasteiger partial charge in [-0.05, 0) is 12.8 Å². The van der Waals surface area contributed by atoms with Gasteiger partial charge in [0.15, 0.2) is 0 Å². The normalized spacial score (nSPS) is 12.6. The molecular formula is C14H36ClN4P. The van der Waals surface area contributed by atoms with E-state index in [0.29, 0.717) is 0 Å². The van der Waals surface area contributed by atoms with E-state index in [1.54, 1.807) is 0 Å². The lowest BCUT2D eigenvalue weighted by molar-refractivity contribution is -0.00000458. The summed E-state index contributed by atoms with van der Waals surface area (Å²) in [4.78, 5) is 0. The minimum atomic E-state index is -1.55. The zero-order valence-corrected chi connectivity index (χ0v) is 16.5. The van der Waals surface area contributed by atoms with Gasteiger partial charge in [-0.2, -0.15) is 0 Å². The third-order valence-corrected chi connectivity index (χ3v) is 7.91. The third kappa shape index (κ3) is 5.40. The van der Waals surface area contributed by atoms with Crippen LogP contribution in [0.2, 0.25) is 0 Å². The standard InChI is InChI=1S/C14H36N4P.ClH/c1-9-11-13-18(14-12-10-2)19(15(3)4,16(5)6)17(7)8;/h9-14H2,1-8H3;1H/q+1;/p-1. The van der Waals surface area contributed by atoms with E-state index in [1.807, 2.05) is 0 Å². The quantitative estimate of drug-likeness (QED) is 0.534. The molecule has 0 aromatic rings. The molecule has 0 bridgehead atoms. The van der Waals surface area contributed by atoms with Gasteiger partial charge in [-0.3, -0.25) is 0 Å². The lowest BCUT2D eigenvalue weighted by Gasteiger charge is -2.45. The van der Waals surface area contributed by atoms with Crippen LogP contribution >= 0.6 is 7.87 Å². The summed E-state index contributed by atoms with van der Waals surface area (Å²) in [7, 11) is 11.8. The molecule has 0 aliphatic carbocycles. The Kier molecular flexibility index (Phi) is 12.8. The van der Waals surface area contributed by atoms with Crippen LogP contribution in [0.5, 0.6) is 0 Å². The number of halogens is 1. The molecule has 0 amide bonds. The maximum Gasteiger partial charge on any atom is 0.307 e. The van der Waals surface area contributed by atoms with Crippen LogP contribution < -0.4 is 12.4 Å². The number of rotatable bonds is 10. The first-order valence-corrected chi connectivity index (χ1v) is 9.13. The van der Waals surface area contributed by atoms with Crippen LogP contribution in [-0.4, -0.2) is 74.1 Å². The van der Waals surface area contributed by atoms with Crippen LogP contribution in [0.1, 0.15) is 39.5 Å². The Labute approximate surface area is 134 Å². The highest BCUT2D eigenvalue weighted by Gasteiger charge is 2.53. The number of hydrogen-bond donors (Lipinski definition) is 0. The highest BCUT2D eigenvalue weighted by molar-refractivity contribution is 7.66. The Hall–Kier alpha value is 0.560. The molecule has 0 saturated carbocycles. The Morgan fingerprint density at radius 2 is 0.950 bits per heavy atom. The topological polar surface area (TPSA) is 13.0 Å². The number of unbranched alkanes of at least 4 members (excludes halogenated alkanes) is 2. The van der Waals surface area contributed by atoms with Crippen molar-refractivity contribution in [2.45, 2.75) is 39.5 Å². The minimum Gasteiger partial charge on any atom is -1.00 e. The molecule has 0 unspecified atom stereocenters. The summed E-state index contributed by atoms with van der Waals surface area (Å²) >= 11 is 0. The fraction of sp³-hybridized carbons (Fsp3) is 1.00. The molecular weight excluding hydrogens is 291 g/mol. The van der Waals surface area contributed by atoms with Gasteiger partial charge in [-0.25, -0.2) is 0 Å². The van der Waals surface area contributed by atoms with Gasteiger partial charge in [0.05, 0.1) is 0 Å². The molecule has 6 heteroatoms. The van der Waals surface area contributed by atoms with Gasteiger partial charge in [0.25, 0.3) is 0 Å². The third-order valence-electron chi connectivity index (χ3n) is 3.53. The van der Waals surface area contributed by atoms with Crippen LogP contribution in [0.25, 0.3) is 0 Å². The maximum atomic E-state index is 2.72. The lowest BCUT2D eigenvalue weighted by Crippen LogP contribution is -3.00. The minimum absolute atomic E-state index is 0. The number of hydrogen-bond acceptors (Lipinski definition) is 4. The summed E-state index contributed by atoms with van der Waals surface area (Å²) < 4.78 is 10.0. The SMILES string of the molecule is CCCCN(CCCC)[P+](N(C)C)(N(C)C)N(C)C.[Cl-]. The molecule has 0 saturated heterocycles. The van der Waals surface area contributed by atoms with Crippen LogP contribution in [0.15, 0.2) is 0 Å². The van der Waals surface area contributed by atoms with E-state index in [4.69, 9.17) is 0 Å². The van der Waals surface area contributed by atoms with Gasteiger partial charge in [0.2, 0.25) is 0 Å². The molecule has 0 radical (unpaired) electrons. The van der Waals surface area contributed by atoms with Crippen molar-refractivity contribution < 1.29 is 12.4 Å². The molecule has 0 atom stereocenters. The van der Waals surface area contributed by atoms with Crippen molar-refractivity contribution in [1.29, 1.82) is 0 Å². The first-order valence-electron chi connectivity index (χ1n) is 7.53. The van der Waals surface area contributed by atoms with Crippen molar-refractivity contribution in [3.8, 4) is 0 Å². The van der Waals surface area contributed by atoms with E-state index in [1.165, 1.54) is 38.8 Å². The molecule has 0 fully saturated rings. The molecule has 0 aliphatic rings. The highest BCUT2D eigenvalue weighted by Crippen LogP contribution is 2.66. The summed E-state index contributed by atoms with van der Waals surface area (Å²) in [5.41, 5.74) is 0. The Bertz CT molecular complexity index is 207. The van der Waals surface area contributed by atoms with Crippen molar-refractivity contribution in [2.75, 3.05) is 55.4 Å². The second kappa shape index (κ2) is 11.2. The Morgan fingerprint density at radius 1 is 0.650 bits per heavy atom. The van der Waals surface area contributed by atoms with E-state index in [-0.39, 0.29) is 12.4 Å². The van der Waals surface area contributed by atoms with Gasteiger partial charge in [-0.15, -0.1) is 18.7 Å². The molecule has 0 heterocycles. The van der Waals surface area contributed by atoms with E-state index in [2.05, 4.69) is 74.8 Å². The molecule has 4 nitrogen and oxygen atoms in total. The first kappa shape index (κ1) is 22.8. The summed E-state index contributed by atoms with van der Waals surface area (Å²) in [5.74, 6) is 0. The lowest BCUT2D eigenvalue weighted by atomic mass is 10.3. The molecule has 124 valence electrons. The molecule has 0 spiro atoms. The summed E-state index contributed by atoms with van der Waals surface area (Å²) in [6.45, 7) is 6.94. The molecule has 0 aromatic carbocycles. The molecule has 0 aromatic heterocycles. The molecule has 0 aliphatic heterocycles. The van der Waals surface area contributed by atoms with Crippen molar-refractivity contribution in [3.05, 3.63) is 0 Å². The predicted octanol–water partition coefficient (Wildman–Crippen LogP) is 0.255. The highest BCUT2D eigenvalue weighted by atomic mass is 35.5. The van der Waals surface area contributed by atoms with E-state index < -0.39 is 7.87 Å². The van der Waals surface area contributed by atoms with Crippen LogP contribution in [0.4, 0.5) is 0 Å². The van der Waals surface area contributed by atoms with Gasteiger partial charge in [0, 0.05) is 55.4 Å². The fourth-order valence-electron chi connectivity index (χ4n) is 2.89. The summed E-state index contributed by atoms with van der Waals surface area (Å²) in [5, 5.41) is 0. The van der Waals surface area contributed by atoms with Crippen molar-refractivity contribution in [2.24, 2.45) is 0 Å². The average molecular weight is 327 g/mol. The summed E-state index contributed by atoms with van der Waals surface area (Å²) in [6, 6.07) is 0. The zero-order chi connectivity index (χ0) is 15.1. The van der Waals surface area contributed by atoms with Crippen molar-refractivity contribution >= 4 is 7.87 Å². The van der Waals surface area contributed by atoms with Gasteiger partial charge in [0.1, 0.15) is 0 Å². The Morgan fingerprint density at radius 3 is 1.15 bits per heavy atom. The van der Waals surface area contributed by atoms with Crippen LogP contribution in [0, 0.1) is 0 Å². The van der Waals surface area contributed by atoms with Crippen molar-refractivity contribution in [1.82, 2.24) is 18.7 Å². The zero-order valence-electron chi connectivity index (χ0n) is 14.9. The van der Waals surface area contributed by atoms with Crippen molar-refractivity contribution in [3.63, 3.8) is 0 Å². The van der Waals surface area contributed by atoms with E-state index in [9.17, 15) is 0 Å². The second-order valence-corrected chi connectivity index (χ2v) is 9.78. The smallest absolute Gasteiger partial charge is 0.307 e. The summed E-state index contributed by atoms with van der Waals surface area (Å²) in [6.07, 6.45) is 5.08. The molecule has 20 heavy (non-hydrogen) atoms. The van der Waals surface area contributed by atoms with Gasteiger partial charge < -0.3 is 12.4 Å². The maximum absolute atomic E-state index is 2.72. The average Bonchev–Trinajstić information content (AvgIpc) is 2.31. The molecule has 0 rings (SSSR count). The fourth-order valence-corrected chi connectivity index (χ4v) is 7.38. The molecule has 0 N–H and O–H groups in total. The first-order chi connectivity index (χ1) is 8.85.